The molecule has 4 saturated heterocycles. The number of nitrogens with zero attached hydrogens (tertiary/aromatic N) is 1. The molecule has 0 saturated carbocycles. The molecule has 104 valence electrons. The Bertz CT molecular complexity index is 286. The molecule has 3 heteroatoms. The van der Waals surface area contributed by atoms with Crippen molar-refractivity contribution >= 4 is 0 Å². The van der Waals surface area contributed by atoms with E-state index in [4.69, 9.17) is 4.74 Å². The summed E-state index contributed by atoms with van der Waals surface area (Å²) >= 11 is 0. The predicted octanol–water partition coefficient (Wildman–Crippen LogP) is 1.88. The van der Waals surface area contributed by atoms with E-state index in [1.54, 1.807) is 0 Å². The van der Waals surface area contributed by atoms with Gasteiger partial charge in [-0.25, -0.2) is 0 Å². The number of rotatable bonds is 3. The van der Waals surface area contributed by atoms with Crippen LogP contribution in [-0.2, 0) is 4.74 Å². The summed E-state index contributed by atoms with van der Waals surface area (Å²) in [5.41, 5.74) is 0.143. The molecule has 0 aromatic rings. The zero-order chi connectivity index (χ0) is 12.6. The van der Waals surface area contributed by atoms with Crippen LogP contribution in [0.4, 0.5) is 0 Å². The second kappa shape index (κ2) is 5.10. The molecule has 18 heavy (non-hydrogen) atoms. The van der Waals surface area contributed by atoms with Gasteiger partial charge in [0.05, 0.1) is 12.2 Å². The lowest BCUT2D eigenvalue weighted by Crippen LogP contribution is -2.71. The Morgan fingerprint density at radius 2 is 2.11 bits per heavy atom. The summed E-state index contributed by atoms with van der Waals surface area (Å²) < 4.78 is 6.38. The van der Waals surface area contributed by atoms with Crippen molar-refractivity contribution in [2.75, 3.05) is 32.8 Å². The second-order valence-corrected chi connectivity index (χ2v) is 6.83. The van der Waals surface area contributed by atoms with Gasteiger partial charge in [-0.1, -0.05) is 13.8 Å². The van der Waals surface area contributed by atoms with E-state index in [0.717, 1.165) is 25.0 Å². The lowest BCUT2D eigenvalue weighted by Gasteiger charge is -2.58. The smallest absolute Gasteiger partial charge is 0.0990 e. The average molecular weight is 252 g/mol. The standard InChI is InChI=1S/C15H28N2O/c1-12(2)3-4-14-15(18-10-7-16-14)11-17-8-5-13(15)6-9-17/h12-14,16H,3-11H2,1-2H3. The first-order valence-electron chi connectivity index (χ1n) is 7.80. The summed E-state index contributed by atoms with van der Waals surface area (Å²) in [6.07, 6.45) is 5.29. The minimum absolute atomic E-state index is 0.143. The Kier molecular flexibility index (Phi) is 3.65. The molecule has 0 aromatic heterocycles. The van der Waals surface area contributed by atoms with E-state index in [1.165, 1.54) is 45.3 Å². The van der Waals surface area contributed by atoms with Gasteiger partial charge in [0.1, 0.15) is 0 Å². The van der Waals surface area contributed by atoms with Gasteiger partial charge in [0.2, 0.25) is 0 Å². The summed E-state index contributed by atoms with van der Waals surface area (Å²) in [4.78, 5) is 2.62. The third kappa shape index (κ3) is 2.21. The van der Waals surface area contributed by atoms with Gasteiger partial charge in [0.25, 0.3) is 0 Å². The van der Waals surface area contributed by atoms with Crippen molar-refractivity contribution in [1.82, 2.24) is 10.2 Å². The molecule has 4 heterocycles. The first-order valence-corrected chi connectivity index (χ1v) is 7.80. The highest BCUT2D eigenvalue weighted by Crippen LogP contribution is 2.42. The monoisotopic (exact) mass is 252 g/mol. The number of hydrogen-bond acceptors (Lipinski definition) is 3. The number of piperidine rings is 3. The molecule has 2 bridgehead atoms. The van der Waals surface area contributed by atoms with Crippen molar-refractivity contribution in [3.05, 3.63) is 0 Å². The van der Waals surface area contributed by atoms with Crippen LogP contribution < -0.4 is 5.32 Å². The first-order chi connectivity index (χ1) is 8.71. The van der Waals surface area contributed by atoms with Crippen molar-refractivity contribution in [2.45, 2.75) is 51.2 Å². The van der Waals surface area contributed by atoms with E-state index in [-0.39, 0.29) is 5.60 Å². The quantitative estimate of drug-likeness (QED) is 0.830. The van der Waals surface area contributed by atoms with Gasteiger partial charge in [-0.3, -0.25) is 0 Å². The predicted molar refractivity (Wildman–Crippen MR) is 73.7 cm³/mol. The maximum absolute atomic E-state index is 6.38. The normalized spacial score (nSPS) is 43.8. The number of nitrogens with one attached hydrogen (secondary N) is 1. The fraction of sp³-hybridized carbons (Fsp3) is 1.00. The molecular weight excluding hydrogens is 224 g/mol. The summed E-state index contributed by atoms with van der Waals surface area (Å²) in [5.74, 6) is 1.60. The number of morpholine rings is 1. The van der Waals surface area contributed by atoms with Gasteiger partial charge in [0, 0.05) is 19.1 Å². The van der Waals surface area contributed by atoms with Crippen molar-refractivity contribution < 1.29 is 4.74 Å². The molecule has 2 atom stereocenters. The van der Waals surface area contributed by atoms with Crippen molar-refractivity contribution in [2.24, 2.45) is 11.8 Å². The van der Waals surface area contributed by atoms with E-state index in [1.807, 2.05) is 0 Å². The molecule has 4 aliphatic heterocycles. The molecule has 1 N–H and O–H groups in total. The Labute approximate surface area is 111 Å². The average Bonchev–Trinajstić information content (AvgIpc) is 2.39. The van der Waals surface area contributed by atoms with E-state index in [0.29, 0.717) is 6.04 Å². The van der Waals surface area contributed by atoms with Gasteiger partial charge in [0.15, 0.2) is 0 Å². The fourth-order valence-corrected chi connectivity index (χ4v) is 4.21. The molecule has 3 nitrogen and oxygen atoms in total. The number of fused-ring (bicyclic) bond motifs is 2. The summed E-state index contributed by atoms with van der Waals surface area (Å²) in [6.45, 7) is 10.4. The Morgan fingerprint density at radius 3 is 2.72 bits per heavy atom. The van der Waals surface area contributed by atoms with Crippen LogP contribution in [0.1, 0.15) is 39.5 Å². The van der Waals surface area contributed by atoms with Crippen LogP contribution >= 0.6 is 0 Å². The molecule has 1 spiro atoms. The Morgan fingerprint density at radius 1 is 1.33 bits per heavy atom. The highest BCUT2D eigenvalue weighted by molar-refractivity contribution is 5.07. The van der Waals surface area contributed by atoms with E-state index >= 15 is 0 Å². The topological polar surface area (TPSA) is 24.5 Å². The van der Waals surface area contributed by atoms with Gasteiger partial charge >= 0.3 is 0 Å². The van der Waals surface area contributed by atoms with Crippen LogP contribution in [0.25, 0.3) is 0 Å². The summed E-state index contributed by atoms with van der Waals surface area (Å²) in [5, 5.41) is 3.77. The molecular formula is C15H28N2O. The Balaban J connectivity index is 1.74. The molecule has 4 fully saturated rings. The zero-order valence-corrected chi connectivity index (χ0v) is 12.0. The van der Waals surface area contributed by atoms with E-state index in [9.17, 15) is 0 Å². The largest absolute Gasteiger partial charge is 0.370 e. The number of hydrogen-bond donors (Lipinski definition) is 1. The molecule has 0 amide bonds. The number of ether oxygens (including phenoxy) is 1. The van der Waals surface area contributed by atoms with Crippen molar-refractivity contribution in [3.8, 4) is 0 Å². The molecule has 0 aliphatic carbocycles. The van der Waals surface area contributed by atoms with Crippen molar-refractivity contribution in [1.29, 1.82) is 0 Å². The summed E-state index contributed by atoms with van der Waals surface area (Å²) in [7, 11) is 0. The molecule has 4 aliphatic rings. The molecule has 0 aromatic carbocycles. The highest BCUT2D eigenvalue weighted by Gasteiger charge is 2.53. The molecule has 2 unspecified atom stereocenters. The van der Waals surface area contributed by atoms with Crippen molar-refractivity contribution in [3.63, 3.8) is 0 Å². The van der Waals surface area contributed by atoms with Gasteiger partial charge in [-0.05, 0) is 50.6 Å². The van der Waals surface area contributed by atoms with Crippen LogP contribution in [0.3, 0.4) is 0 Å². The molecule has 4 rings (SSSR count). The summed E-state index contributed by atoms with van der Waals surface area (Å²) in [6, 6.07) is 0.585. The van der Waals surface area contributed by atoms with Crippen LogP contribution in [0.15, 0.2) is 0 Å². The fourth-order valence-electron chi connectivity index (χ4n) is 4.21. The first kappa shape index (κ1) is 12.9. The maximum atomic E-state index is 6.38. The van der Waals surface area contributed by atoms with Crippen LogP contribution in [0.5, 0.6) is 0 Å². The Hall–Kier alpha value is -0.120. The lowest BCUT2D eigenvalue weighted by atomic mass is 9.69. The van der Waals surface area contributed by atoms with Gasteiger partial charge < -0.3 is 15.0 Å². The third-order valence-electron chi connectivity index (χ3n) is 5.24. The zero-order valence-electron chi connectivity index (χ0n) is 12.0. The van der Waals surface area contributed by atoms with Crippen LogP contribution in [0, 0.1) is 11.8 Å². The minimum atomic E-state index is 0.143. The maximum Gasteiger partial charge on any atom is 0.0990 e. The third-order valence-corrected chi connectivity index (χ3v) is 5.24. The van der Waals surface area contributed by atoms with Gasteiger partial charge in [-0.2, -0.15) is 0 Å². The molecule has 0 radical (unpaired) electrons. The van der Waals surface area contributed by atoms with Crippen LogP contribution in [-0.4, -0.2) is 49.3 Å². The van der Waals surface area contributed by atoms with Crippen LogP contribution in [0.2, 0.25) is 0 Å². The minimum Gasteiger partial charge on any atom is -0.370 e. The van der Waals surface area contributed by atoms with E-state index in [2.05, 4.69) is 24.1 Å². The highest BCUT2D eigenvalue weighted by atomic mass is 16.5. The van der Waals surface area contributed by atoms with E-state index < -0.39 is 0 Å². The van der Waals surface area contributed by atoms with Gasteiger partial charge in [-0.15, -0.1) is 0 Å². The SMILES string of the molecule is CC(C)CCC1NCCOC12CN1CCC2CC1. The lowest BCUT2D eigenvalue weighted by molar-refractivity contribution is -0.188. The second-order valence-electron chi connectivity index (χ2n) is 6.83.